The van der Waals surface area contributed by atoms with Crippen LogP contribution in [0.2, 0.25) is 0 Å². The minimum Gasteiger partial charge on any atom is -0.493 e. The summed E-state index contributed by atoms with van der Waals surface area (Å²) in [4.78, 5) is 0. The van der Waals surface area contributed by atoms with Gasteiger partial charge >= 0.3 is 0 Å². The van der Waals surface area contributed by atoms with Gasteiger partial charge in [0.05, 0.1) is 12.6 Å². The topological polar surface area (TPSA) is 21.3 Å². The third-order valence-electron chi connectivity index (χ3n) is 3.99. The summed E-state index contributed by atoms with van der Waals surface area (Å²) in [7, 11) is 0. The van der Waals surface area contributed by atoms with Gasteiger partial charge < -0.3 is 10.1 Å². The van der Waals surface area contributed by atoms with Gasteiger partial charge in [0, 0.05) is 17.2 Å². The molecule has 2 heterocycles. The fourth-order valence-electron chi connectivity index (χ4n) is 3.08. The van der Waals surface area contributed by atoms with E-state index in [0.717, 1.165) is 18.8 Å². The van der Waals surface area contributed by atoms with Crippen molar-refractivity contribution in [2.75, 3.05) is 11.9 Å². The molecule has 0 spiro atoms. The molecule has 2 unspecified atom stereocenters. The monoisotopic (exact) mass is 237 g/mol. The summed E-state index contributed by atoms with van der Waals surface area (Å²) in [6.45, 7) is 0.809. The van der Waals surface area contributed by atoms with Crippen molar-refractivity contribution < 1.29 is 4.74 Å². The molecule has 90 valence electrons. The smallest absolute Gasteiger partial charge is 0.124 e. The van der Waals surface area contributed by atoms with Crippen LogP contribution < -0.4 is 10.1 Å². The molecular formula is C16H15NO. The highest BCUT2D eigenvalue weighted by atomic mass is 16.5. The lowest BCUT2D eigenvalue weighted by Crippen LogP contribution is -2.35. The van der Waals surface area contributed by atoms with Crippen LogP contribution in [0.15, 0.2) is 48.5 Å². The predicted molar refractivity (Wildman–Crippen MR) is 71.9 cm³/mol. The lowest BCUT2D eigenvalue weighted by atomic mass is 9.82. The molecule has 2 nitrogen and oxygen atoms in total. The zero-order valence-corrected chi connectivity index (χ0v) is 10.1. The second kappa shape index (κ2) is 3.77. The first-order chi connectivity index (χ1) is 8.92. The molecule has 2 aliphatic heterocycles. The Morgan fingerprint density at radius 3 is 2.83 bits per heavy atom. The van der Waals surface area contributed by atoms with E-state index in [-0.39, 0.29) is 0 Å². The Balaban J connectivity index is 1.79. The fourth-order valence-corrected chi connectivity index (χ4v) is 3.08. The molecule has 2 heteroatoms. The van der Waals surface area contributed by atoms with Gasteiger partial charge in [-0.15, -0.1) is 0 Å². The molecule has 0 radical (unpaired) electrons. The van der Waals surface area contributed by atoms with Crippen LogP contribution in [0.25, 0.3) is 0 Å². The first kappa shape index (κ1) is 10.0. The standard InChI is InChI=1S/C16H15NO/c1-3-7-14-11(5-1)9-12-10-18-15-8-4-2-6-13(15)16(12)17-14/h1-8,12,16-17H,9-10H2. The third-order valence-corrected chi connectivity index (χ3v) is 3.99. The maximum absolute atomic E-state index is 5.87. The molecule has 18 heavy (non-hydrogen) atoms. The van der Waals surface area contributed by atoms with Gasteiger partial charge in [0.15, 0.2) is 0 Å². The summed E-state index contributed by atoms with van der Waals surface area (Å²) in [6, 6.07) is 17.3. The molecule has 0 saturated heterocycles. The zero-order chi connectivity index (χ0) is 11.9. The Labute approximate surface area is 107 Å². The lowest BCUT2D eigenvalue weighted by Gasteiger charge is -2.39. The quantitative estimate of drug-likeness (QED) is 0.758. The minimum absolute atomic E-state index is 0.393. The maximum atomic E-state index is 5.87. The summed E-state index contributed by atoms with van der Waals surface area (Å²) in [5.74, 6) is 1.57. The van der Waals surface area contributed by atoms with Gasteiger partial charge in [-0.05, 0) is 24.1 Å². The Bertz CT molecular complexity index is 593. The molecule has 0 amide bonds. The van der Waals surface area contributed by atoms with Crippen LogP contribution in [0.1, 0.15) is 17.2 Å². The van der Waals surface area contributed by atoms with Gasteiger partial charge in [0.1, 0.15) is 5.75 Å². The molecule has 2 aromatic rings. The van der Waals surface area contributed by atoms with Gasteiger partial charge in [0.2, 0.25) is 0 Å². The molecule has 0 fully saturated rings. The van der Waals surface area contributed by atoms with Crippen molar-refractivity contribution in [2.45, 2.75) is 12.5 Å². The SMILES string of the molecule is c1ccc2c(c1)CC1COc3ccccc3C1N2. The van der Waals surface area contributed by atoms with Crippen molar-refractivity contribution in [3.8, 4) is 5.75 Å². The number of fused-ring (bicyclic) bond motifs is 4. The summed E-state index contributed by atoms with van der Waals surface area (Å²) < 4.78 is 5.87. The fraction of sp³-hybridized carbons (Fsp3) is 0.250. The van der Waals surface area contributed by atoms with E-state index in [1.165, 1.54) is 16.8 Å². The highest BCUT2D eigenvalue weighted by molar-refractivity contribution is 5.57. The number of rotatable bonds is 0. The molecule has 2 aliphatic rings. The largest absolute Gasteiger partial charge is 0.493 e. The van der Waals surface area contributed by atoms with E-state index in [4.69, 9.17) is 4.74 Å². The number of hydrogen-bond donors (Lipinski definition) is 1. The van der Waals surface area contributed by atoms with Crippen LogP contribution in [-0.4, -0.2) is 6.61 Å². The zero-order valence-electron chi connectivity index (χ0n) is 10.1. The van der Waals surface area contributed by atoms with Crippen molar-refractivity contribution in [3.63, 3.8) is 0 Å². The summed E-state index contributed by atoms with van der Waals surface area (Å²) in [5.41, 5.74) is 3.97. The molecule has 4 rings (SSSR count). The summed E-state index contributed by atoms with van der Waals surface area (Å²) >= 11 is 0. The number of hydrogen-bond acceptors (Lipinski definition) is 2. The summed E-state index contributed by atoms with van der Waals surface area (Å²) in [6.07, 6.45) is 1.10. The third kappa shape index (κ3) is 1.42. The highest BCUT2D eigenvalue weighted by Gasteiger charge is 2.34. The van der Waals surface area contributed by atoms with Crippen molar-refractivity contribution in [2.24, 2.45) is 5.92 Å². The van der Waals surface area contributed by atoms with Gasteiger partial charge in [-0.25, -0.2) is 0 Å². The van der Waals surface area contributed by atoms with E-state index >= 15 is 0 Å². The molecule has 2 atom stereocenters. The van der Waals surface area contributed by atoms with Crippen molar-refractivity contribution in [1.82, 2.24) is 0 Å². The summed E-state index contributed by atoms with van der Waals surface area (Å²) in [5, 5.41) is 3.68. The van der Waals surface area contributed by atoms with E-state index < -0.39 is 0 Å². The Morgan fingerprint density at radius 2 is 1.83 bits per heavy atom. The van der Waals surface area contributed by atoms with Crippen molar-refractivity contribution in [3.05, 3.63) is 59.7 Å². The van der Waals surface area contributed by atoms with Gasteiger partial charge in [0.25, 0.3) is 0 Å². The highest BCUT2D eigenvalue weighted by Crippen LogP contribution is 2.42. The number of anilines is 1. The number of para-hydroxylation sites is 2. The second-order valence-corrected chi connectivity index (χ2v) is 5.09. The van der Waals surface area contributed by atoms with Gasteiger partial charge in [-0.1, -0.05) is 36.4 Å². The van der Waals surface area contributed by atoms with E-state index in [1.807, 2.05) is 6.07 Å². The molecule has 0 bridgehead atoms. The van der Waals surface area contributed by atoms with Gasteiger partial charge in [-0.2, -0.15) is 0 Å². The van der Waals surface area contributed by atoms with Crippen LogP contribution >= 0.6 is 0 Å². The number of ether oxygens (including phenoxy) is 1. The van der Waals surface area contributed by atoms with Crippen LogP contribution in [0.4, 0.5) is 5.69 Å². The van der Waals surface area contributed by atoms with Crippen LogP contribution in [0, 0.1) is 5.92 Å². The first-order valence-electron chi connectivity index (χ1n) is 6.48. The Hall–Kier alpha value is -1.96. The van der Waals surface area contributed by atoms with Crippen molar-refractivity contribution in [1.29, 1.82) is 0 Å². The van der Waals surface area contributed by atoms with Crippen molar-refractivity contribution >= 4 is 5.69 Å². The van der Waals surface area contributed by atoms with E-state index in [0.29, 0.717) is 12.0 Å². The predicted octanol–water partition coefficient (Wildman–Crippen LogP) is 3.40. The number of benzene rings is 2. The van der Waals surface area contributed by atoms with Crippen LogP contribution in [0.5, 0.6) is 5.75 Å². The second-order valence-electron chi connectivity index (χ2n) is 5.09. The molecular weight excluding hydrogens is 222 g/mol. The average molecular weight is 237 g/mol. The van der Waals surface area contributed by atoms with E-state index in [2.05, 4.69) is 47.8 Å². The molecule has 0 aliphatic carbocycles. The van der Waals surface area contributed by atoms with Crippen LogP contribution in [-0.2, 0) is 6.42 Å². The minimum atomic E-state index is 0.393. The average Bonchev–Trinajstić information content (AvgIpc) is 2.45. The normalized spacial score (nSPS) is 24.0. The van der Waals surface area contributed by atoms with E-state index in [1.54, 1.807) is 0 Å². The molecule has 0 aromatic heterocycles. The van der Waals surface area contributed by atoms with Gasteiger partial charge in [-0.3, -0.25) is 0 Å². The molecule has 1 N–H and O–H groups in total. The maximum Gasteiger partial charge on any atom is 0.124 e. The lowest BCUT2D eigenvalue weighted by molar-refractivity contribution is 0.197. The van der Waals surface area contributed by atoms with Crippen LogP contribution in [0.3, 0.4) is 0 Å². The first-order valence-corrected chi connectivity index (χ1v) is 6.48. The van der Waals surface area contributed by atoms with E-state index in [9.17, 15) is 0 Å². The Kier molecular flexibility index (Phi) is 2.10. The molecule has 2 aromatic carbocycles. The molecule has 0 saturated carbocycles. The number of nitrogens with one attached hydrogen (secondary N) is 1. The Morgan fingerprint density at radius 1 is 1.00 bits per heavy atom.